The van der Waals surface area contributed by atoms with Gasteiger partial charge >= 0.3 is 5.97 Å². The number of carboxylic acids is 1. The summed E-state index contributed by atoms with van der Waals surface area (Å²) in [6.07, 6.45) is 5.94. The number of aliphatic carboxylic acids is 1. The number of thiophene rings is 1. The highest BCUT2D eigenvalue weighted by atomic mass is 32.1. The monoisotopic (exact) mass is 370 g/mol. The van der Waals surface area contributed by atoms with Crippen LogP contribution in [-0.4, -0.2) is 31.0 Å². The number of carboxylic acid groups (broad SMARTS) is 1. The van der Waals surface area contributed by atoms with Gasteiger partial charge in [-0.15, -0.1) is 11.3 Å². The van der Waals surface area contributed by atoms with E-state index in [0.717, 1.165) is 41.8 Å². The Bertz CT molecular complexity index is 896. The lowest BCUT2D eigenvalue weighted by atomic mass is 9.96. The van der Waals surface area contributed by atoms with E-state index in [1.54, 1.807) is 35.8 Å². The molecule has 0 bridgehead atoms. The van der Waals surface area contributed by atoms with E-state index in [1.165, 1.54) is 12.0 Å². The lowest BCUT2D eigenvalue weighted by Gasteiger charge is -2.09. The molecule has 3 rings (SSSR count). The Morgan fingerprint density at radius 3 is 2.92 bits per heavy atom. The highest BCUT2D eigenvalue weighted by molar-refractivity contribution is 7.16. The highest BCUT2D eigenvalue weighted by Gasteiger charge is 2.20. The molecule has 7 heteroatoms. The third-order valence-electron chi connectivity index (χ3n) is 4.13. The van der Waals surface area contributed by atoms with Gasteiger partial charge in [-0.05, 0) is 55.0 Å². The van der Waals surface area contributed by atoms with Gasteiger partial charge in [0.2, 0.25) is 0 Å². The molecule has 0 aliphatic heterocycles. The number of methoxy groups -OCH3 is 1. The molecule has 0 fully saturated rings. The summed E-state index contributed by atoms with van der Waals surface area (Å²) in [7, 11) is 1.49. The standard InChI is InChI=1S/C19H18N2O4S/c1-24-16-8-12(6-7-15(16)25-11-18(22)23)10-21-19-14(9-20)13-4-2-3-5-17(13)26-19/h6-8,10H,2-5,11H2,1H3,(H,22,23). The van der Waals surface area contributed by atoms with E-state index in [-0.39, 0.29) is 0 Å². The van der Waals surface area contributed by atoms with Crippen molar-refractivity contribution in [3.63, 3.8) is 0 Å². The molecule has 0 unspecified atom stereocenters. The molecule has 26 heavy (non-hydrogen) atoms. The first-order valence-electron chi connectivity index (χ1n) is 8.23. The summed E-state index contributed by atoms with van der Waals surface area (Å²) in [6, 6.07) is 7.43. The van der Waals surface area contributed by atoms with Gasteiger partial charge in [0.05, 0.1) is 12.7 Å². The SMILES string of the molecule is COc1cc(C=Nc2sc3c(c2C#N)CCCC3)ccc1OCC(=O)O. The van der Waals surface area contributed by atoms with Crippen LogP contribution in [0.2, 0.25) is 0 Å². The fourth-order valence-corrected chi connectivity index (χ4v) is 4.10. The predicted octanol–water partition coefficient (Wildman–Crippen LogP) is 3.72. The number of carbonyl (C=O) groups is 1. The average molecular weight is 370 g/mol. The number of nitriles is 1. The van der Waals surface area contributed by atoms with E-state index in [4.69, 9.17) is 14.6 Å². The number of aryl methyl sites for hydroxylation is 1. The van der Waals surface area contributed by atoms with Crippen LogP contribution in [0, 0.1) is 11.3 Å². The van der Waals surface area contributed by atoms with E-state index < -0.39 is 12.6 Å². The average Bonchev–Trinajstić information content (AvgIpc) is 3.02. The smallest absolute Gasteiger partial charge is 0.341 e. The van der Waals surface area contributed by atoms with Crippen LogP contribution >= 0.6 is 11.3 Å². The molecule has 0 atom stereocenters. The Hall–Kier alpha value is -2.85. The minimum atomic E-state index is -1.05. The Morgan fingerprint density at radius 2 is 2.19 bits per heavy atom. The quantitative estimate of drug-likeness (QED) is 0.783. The third-order valence-corrected chi connectivity index (χ3v) is 5.33. The zero-order chi connectivity index (χ0) is 18.5. The maximum absolute atomic E-state index is 10.6. The van der Waals surface area contributed by atoms with E-state index in [9.17, 15) is 10.1 Å². The lowest BCUT2D eigenvalue weighted by Crippen LogP contribution is -2.10. The van der Waals surface area contributed by atoms with Gasteiger partial charge < -0.3 is 14.6 Å². The number of hydrogen-bond donors (Lipinski definition) is 1. The Labute approximate surface area is 155 Å². The fraction of sp³-hybridized carbons (Fsp3) is 0.316. The summed E-state index contributed by atoms with van der Waals surface area (Å²) >= 11 is 1.59. The first kappa shape index (κ1) is 18.0. The van der Waals surface area contributed by atoms with Gasteiger partial charge in [-0.1, -0.05) is 0 Å². The van der Waals surface area contributed by atoms with Crippen molar-refractivity contribution >= 4 is 28.5 Å². The summed E-state index contributed by atoms with van der Waals surface area (Å²) in [5.41, 5.74) is 2.63. The third kappa shape index (κ3) is 3.86. The molecule has 1 heterocycles. The van der Waals surface area contributed by atoms with E-state index in [0.29, 0.717) is 17.1 Å². The number of ether oxygens (including phenoxy) is 2. The summed E-state index contributed by atoms with van der Waals surface area (Å²) in [4.78, 5) is 16.4. The van der Waals surface area contributed by atoms with Gasteiger partial charge in [-0.2, -0.15) is 5.26 Å². The summed E-state index contributed by atoms with van der Waals surface area (Å²) in [5, 5.41) is 18.9. The number of fused-ring (bicyclic) bond motifs is 1. The van der Waals surface area contributed by atoms with Crippen LogP contribution in [-0.2, 0) is 17.6 Å². The predicted molar refractivity (Wildman–Crippen MR) is 99.1 cm³/mol. The molecule has 1 aromatic heterocycles. The molecule has 6 nitrogen and oxygen atoms in total. The molecular weight excluding hydrogens is 352 g/mol. The number of nitrogens with zero attached hydrogens (tertiary/aromatic N) is 2. The van der Waals surface area contributed by atoms with Crippen LogP contribution in [0.4, 0.5) is 5.00 Å². The van der Waals surface area contributed by atoms with Crippen molar-refractivity contribution in [3.8, 4) is 17.6 Å². The van der Waals surface area contributed by atoms with Gasteiger partial charge in [-0.3, -0.25) is 0 Å². The molecule has 0 amide bonds. The summed E-state index contributed by atoms with van der Waals surface area (Å²) < 4.78 is 10.4. The van der Waals surface area contributed by atoms with Crippen molar-refractivity contribution in [1.82, 2.24) is 0 Å². The number of aliphatic imine (C=N–C) groups is 1. The second-order valence-corrected chi connectivity index (χ2v) is 6.94. The van der Waals surface area contributed by atoms with Crippen LogP contribution in [0.1, 0.15) is 34.4 Å². The van der Waals surface area contributed by atoms with Gasteiger partial charge in [0.15, 0.2) is 18.1 Å². The second-order valence-electron chi connectivity index (χ2n) is 5.85. The van der Waals surface area contributed by atoms with E-state index in [1.807, 2.05) is 0 Å². The Morgan fingerprint density at radius 1 is 1.38 bits per heavy atom. The van der Waals surface area contributed by atoms with Crippen LogP contribution < -0.4 is 9.47 Å². The molecule has 0 saturated carbocycles. The van der Waals surface area contributed by atoms with Gasteiger partial charge in [0.25, 0.3) is 0 Å². The Balaban J connectivity index is 1.84. The van der Waals surface area contributed by atoms with Crippen molar-refractivity contribution in [2.75, 3.05) is 13.7 Å². The topological polar surface area (TPSA) is 91.9 Å². The van der Waals surface area contributed by atoms with Gasteiger partial charge in [0.1, 0.15) is 11.1 Å². The molecule has 1 N–H and O–H groups in total. The number of benzene rings is 1. The number of hydrogen-bond acceptors (Lipinski definition) is 6. The van der Waals surface area contributed by atoms with Gasteiger partial charge in [0, 0.05) is 11.1 Å². The first-order chi connectivity index (χ1) is 12.6. The van der Waals surface area contributed by atoms with Crippen molar-refractivity contribution in [2.45, 2.75) is 25.7 Å². The molecule has 1 aliphatic rings. The Kier molecular flexibility index (Phi) is 5.54. The summed E-state index contributed by atoms with van der Waals surface area (Å²) in [5.74, 6) is -0.263. The molecule has 1 aliphatic carbocycles. The molecule has 2 aromatic rings. The van der Waals surface area contributed by atoms with Crippen molar-refractivity contribution < 1.29 is 19.4 Å². The summed E-state index contributed by atoms with van der Waals surface area (Å²) in [6.45, 7) is -0.434. The second kappa shape index (κ2) is 8.02. The zero-order valence-corrected chi connectivity index (χ0v) is 15.1. The molecule has 0 radical (unpaired) electrons. The van der Waals surface area contributed by atoms with Crippen LogP contribution in [0.25, 0.3) is 0 Å². The van der Waals surface area contributed by atoms with E-state index >= 15 is 0 Å². The van der Waals surface area contributed by atoms with Crippen LogP contribution in [0.3, 0.4) is 0 Å². The molecular formula is C19H18N2O4S. The molecule has 0 spiro atoms. The van der Waals surface area contributed by atoms with Crippen molar-refractivity contribution in [3.05, 3.63) is 39.8 Å². The number of rotatable bonds is 6. The van der Waals surface area contributed by atoms with Crippen molar-refractivity contribution in [2.24, 2.45) is 4.99 Å². The lowest BCUT2D eigenvalue weighted by molar-refractivity contribution is -0.139. The molecule has 0 saturated heterocycles. The minimum absolute atomic E-state index is 0.358. The van der Waals surface area contributed by atoms with Crippen LogP contribution in [0.15, 0.2) is 23.2 Å². The maximum atomic E-state index is 10.6. The molecule has 1 aromatic carbocycles. The van der Waals surface area contributed by atoms with Gasteiger partial charge in [-0.25, -0.2) is 9.79 Å². The fourth-order valence-electron chi connectivity index (χ4n) is 2.91. The van der Waals surface area contributed by atoms with Crippen LogP contribution in [0.5, 0.6) is 11.5 Å². The maximum Gasteiger partial charge on any atom is 0.341 e. The van der Waals surface area contributed by atoms with Crippen molar-refractivity contribution in [1.29, 1.82) is 5.26 Å². The first-order valence-corrected chi connectivity index (χ1v) is 9.05. The largest absolute Gasteiger partial charge is 0.493 e. The zero-order valence-electron chi connectivity index (χ0n) is 14.3. The van der Waals surface area contributed by atoms with E-state index in [2.05, 4.69) is 11.1 Å². The normalized spacial score (nSPS) is 13.2. The minimum Gasteiger partial charge on any atom is -0.493 e. The highest BCUT2D eigenvalue weighted by Crippen LogP contribution is 2.39. The molecule has 134 valence electrons.